The topological polar surface area (TPSA) is 40.5 Å². The first kappa shape index (κ1) is 14.6. The van der Waals surface area contributed by atoms with E-state index in [1.807, 2.05) is 18.2 Å². The molecule has 1 aliphatic carbocycles. The zero-order valence-corrected chi connectivity index (χ0v) is 13.0. The molecule has 0 bridgehead atoms. The van der Waals surface area contributed by atoms with Gasteiger partial charge in [0.15, 0.2) is 0 Å². The fourth-order valence-corrected chi connectivity index (χ4v) is 4.50. The average Bonchev–Trinajstić information content (AvgIpc) is 2.46. The third-order valence-corrected chi connectivity index (χ3v) is 5.42. The van der Waals surface area contributed by atoms with Gasteiger partial charge in [-0.2, -0.15) is 0 Å². The Labute approximate surface area is 127 Å². The number of carboxylic acids is 1. The second kappa shape index (κ2) is 5.80. The van der Waals surface area contributed by atoms with Crippen LogP contribution in [0.25, 0.3) is 0 Å². The van der Waals surface area contributed by atoms with Crippen LogP contribution in [0.15, 0.2) is 24.3 Å². The predicted molar refractivity (Wildman–Crippen MR) is 83.2 cm³/mol. The van der Waals surface area contributed by atoms with Gasteiger partial charge in [0, 0.05) is 12.6 Å². The smallest absolute Gasteiger partial charge is 0.325 e. The van der Waals surface area contributed by atoms with Crippen LogP contribution in [0.4, 0.5) is 0 Å². The van der Waals surface area contributed by atoms with Crippen LogP contribution in [0.1, 0.15) is 50.3 Å². The van der Waals surface area contributed by atoms with Crippen LogP contribution < -0.4 is 0 Å². The third kappa shape index (κ3) is 2.59. The van der Waals surface area contributed by atoms with Gasteiger partial charge >= 0.3 is 5.97 Å². The molecule has 3 heteroatoms. The van der Waals surface area contributed by atoms with E-state index in [-0.39, 0.29) is 0 Å². The van der Waals surface area contributed by atoms with Crippen molar-refractivity contribution in [3.63, 3.8) is 0 Å². The normalized spacial score (nSPS) is 33.4. The Hall–Kier alpha value is -1.35. The lowest BCUT2D eigenvalue weighted by Crippen LogP contribution is -2.52. The first-order valence-corrected chi connectivity index (χ1v) is 8.16. The Morgan fingerprint density at radius 2 is 1.86 bits per heavy atom. The van der Waals surface area contributed by atoms with E-state index < -0.39 is 12.0 Å². The summed E-state index contributed by atoms with van der Waals surface area (Å²) in [6.45, 7) is 5.45. The second-order valence-electron chi connectivity index (χ2n) is 6.80. The number of rotatable bonds is 2. The SMILES string of the molecule is CC1CCCC(C)C1N1CCc2ccccc2C1C(=O)O. The van der Waals surface area contributed by atoms with E-state index in [2.05, 4.69) is 24.8 Å². The van der Waals surface area contributed by atoms with Crippen molar-refractivity contribution in [1.82, 2.24) is 4.90 Å². The number of hydrogen-bond donors (Lipinski definition) is 1. The highest BCUT2D eigenvalue weighted by Crippen LogP contribution is 2.40. The summed E-state index contributed by atoms with van der Waals surface area (Å²) >= 11 is 0. The van der Waals surface area contributed by atoms with Gasteiger partial charge in [0.25, 0.3) is 0 Å². The van der Waals surface area contributed by atoms with Crippen LogP contribution in [-0.2, 0) is 11.2 Å². The fourth-order valence-electron chi connectivity index (χ4n) is 4.50. The van der Waals surface area contributed by atoms with Crippen LogP contribution in [0, 0.1) is 11.8 Å². The zero-order chi connectivity index (χ0) is 15.0. The van der Waals surface area contributed by atoms with E-state index in [0.717, 1.165) is 18.5 Å². The van der Waals surface area contributed by atoms with Gasteiger partial charge < -0.3 is 5.11 Å². The van der Waals surface area contributed by atoms with Crippen molar-refractivity contribution in [2.75, 3.05) is 6.54 Å². The van der Waals surface area contributed by atoms with Crippen molar-refractivity contribution >= 4 is 5.97 Å². The summed E-state index contributed by atoms with van der Waals surface area (Å²) in [5.74, 6) is 0.467. The Morgan fingerprint density at radius 3 is 2.52 bits per heavy atom. The number of aliphatic carboxylic acids is 1. The number of fused-ring (bicyclic) bond motifs is 1. The van der Waals surface area contributed by atoms with Gasteiger partial charge in [-0.1, -0.05) is 44.5 Å². The molecule has 3 unspecified atom stereocenters. The van der Waals surface area contributed by atoms with Crippen LogP contribution in [-0.4, -0.2) is 28.6 Å². The quantitative estimate of drug-likeness (QED) is 0.905. The van der Waals surface area contributed by atoms with Crippen LogP contribution in [0.5, 0.6) is 0 Å². The van der Waals surface area contributed by atoms with Gasteiger partial charge in [0.2, 0.25) is 0 Å². The molecule has 1 fully saturated rings. The summed E-state index contributed by atoms with van der Waals surface area (Å²) in [7, 11) is 0. The number of hydrogen-bond acceptors (Lipinski definition) is 2. The molecule has 2 aliphatic rings. The van der Waals surface area contributed by atoms with Gasteiger partial charge in [-0.25, -0.2) is 0 Å². The first-order valence-electron chi connectivity index (χ1n) is 8.16. The third-order valence-electron chi connectivity index (χ3n) is 5.42. The molecule has 0 radical (unpaired) electrons. The van der Waals surface area contributed by atoms with Crippen molar-refractivity contribution in [3.8, 4) is 0 Å². The van der Waals surface area contributed by atoms with E-state index >= 15 is 0 Å². The summed E-state index contributed by atoms with van der Waals surface area (Å²) in [6, 6.07) is 7.98. The highest BCUT2D eigenvalue weighted by molar-refractivity contribution is 5.76. The standard InChI is InChI=1S/C18H25NO2/c1-12-6-5-7-13(2)16(12)19-11-10-14-8-3-4-9-15(14)17(19)18(20)21/h3-4,8-9,12-13,16-17H,5-7,10-11H2,1-2H3,(H,20,21). The van der Waals surface area contributed by atoms with Crippen molar-refractivity contribution in [2.45, 2.75) is 51.6 Å². The zero-order valence-electron chi connectivity index (χ0n) is 13.0. The predicted octanol–water partition coefficient (Wildman–Crippen LogP) is 3.50. The highest BCUT2D eigenvalue weighted by atomic mass is 16.4. The minimum Gasteiger partial charge on any atom is -0.480 e. The van der Waals surface area contributed by atoms with Crippen LogP contribution in [0.2, 0.25) is 0 Å². The molecule has 1 aliphatic heterocycles. The lowest BCUT2D eigenvalue weighted by atomic mass is 9.76. The molecule has 0 amide bonds. The average molecular weight is 287 g/mol. The van der Waals surface area contributed by atoms with Crippen molar-refractivity contribution in [2.24, 2.45) is 11.8 Å². The summed E-state index contributed by atoms with van der Waals surface area (Å²) in [5.41, 5.74) is 2.21. The van der Waals surface area contributed by atoms with E-state index in [1.54, 1.807) is 0 Å². The Bertz CT molecular complexity index is 518. The molecule has 3 nitrogen and oxygen atoms in total. The Balaban J connectivity index is 1.97. The second-order valence-corrected chi connectivity index (χ2v) is 6.80. The maximum absolute atomic E-state index is 11.9. The molecule has 0 spiro atoms. The number of nitrogens with zero attached hydrogens (tertiary/aromatic N) is 1. The number of benzene rings is 1. The molecular weight excluding hydrogens is 262 g/mol. The van der Waals surface area contributed by atoms with E-state index in [9.17, 15) is 9.90 Å². The molecule has 0 aromatic heterocycles. The molecule has 1 heterocycles. The summed E-state index contributed by atoms with van der Waals surface area (Å²) in [5, 5.41) is 9.82. The van der Waals surface area contributed by atoms with Crippen LogP contribution >= 0.6 is 0 Å². The van der Waals surface area contributed by atoms with E-state index in [1.165, 1.54) is 24.8 Å². The van der Waals surface area contributed by atoms with E-state index in [0.29, 0.717) is 17.9 Å². The molecule has 3 atom stereocenters. The van der Waals surface area contributed by atoms with Gasteiger partial charge in [0.1, 0.15) is 6.04 Å². The molecule has 1 aromatic carbocycles. The van der Waals surface area contributed by atoms with Crippen molar-refractivity contribution in [3.05, 3.63) is 35.4 Å². The summed E-state index contributed by atoms with van der Waals surface area (Å²) < 4.78 is 0. The molecular formula is C18H25NO2. The molecule has 1 aromatic rings. The van der Waals surface area contributed by atoms with Crippen molar-refractivity contribution < 1.29 is 9.90 Å². The maximum atomic E-state index is 11.9. The molecule has 1 saturated carbocycles. The molecule has 3 rings (SSSR count). The molecule has 114 valence electrons. The monoisotopic (exact) mass is 287 g/mol. The van der Waals surface area contributed by atoms with Gasteiger partial charge in [-0.3, -0.25) is 9.69 Å². The molecule has 0 saturated heterocycles. The van der Waals surface area contributed by atoms with Gasteiger partial charge in [0.05, 0.1) is 0 Å². The minimum atomic E-state index is -0.702. The fraction of sp³-hybridized carbons (Fsp3) is 0.611. The van der Waals surface area contributed by atoms with Gasteiger partial charge in [-0.15, -0.1) is 0 Å². The van der Waals surface area contributed by atoms with Gasteiger partial charge in [-0.05, 0) is 42.2 Å². The maximum Gasteiger partial charge on any atom is 0.325 e. The van der Waals surface area contributed by atoms with Crippen molar-refractivity contribution in [1.29, 1.82) is 0 Å². The summed E-state index contributed by atoms with van der Waals surface area (Å²) in [4.78, 5) is 14.2. The summed E-state index contributed by atoms with van der Waals surface area (Å²) in [6.07, 6.45) is 4.69. The lowest BCUT2D eigenvalue weighted by molar-refractivity contribution is -0.146. The Morgan fingerprint density at radius 1 is 1.19 bits per heavy atom. The van der Waals surface area contributed by atoms with Crippen LogP contribution in [0.3, 0.4) is 0 Å². The number of carbonyl (C=O) groups is 1. The molecule has 1 N–H and O–H groups in total. The number of carboxylic acid groups (broad SMARTS) is 1. The minimum absolute atomic E-state index is 0.396. The van der Waals surface area contributed by atoms with E-state index in [4.69, 9.17) is 0 Å². The first-order chi connectivity index (χ1) is 10.1. The highest BCUT2D eigenvalue weighted by Gasteiger charge is 2.41. The Kier molecular flexibility index (Phi) is 4.03. The molecule has 21 heavy (non-hydrogen) atoms. The lowest BCUT2D eigenvalue weighted by Gasteiger charge is -2.47. The largest absolute Gasteiger partial charge is 0.480 e.